The Bertz CT molecular complexity index is 847. The third kappa shape index (κ3) is 3.60. The summed E-state index contributed by atoms with van der Waals surface area (Å²) in [4.78, 5) is 13.2. The second-order valence-corrected chi connectivity index (χ2v) is 5.90. The molecule has 0 aliphatic rings. The SMILES string of the molecule is Cc1cc(OC(F)F)ccc1NC(=O)c1cc(-c2cccs2)[nH]n1. The van der Waals surface area contributed by atoms with Gasteiger partial charge in [0.05, 0.1) is 10.6 Å². The Hall–Kier alpha value is -2.74. The highest BCUT2D eigenvalue weighted by Crippen LogP contribution is 2.25. The third-order valence-electron chi connectivity index (χ3n) is 3.27. The molecule has 0 aliphatic carbocycles. The molecular formula is C16H13F2N3O2S. The number of ether oxygens (including phenoxy) is 1. The van der Waals surface area contributed by atoms with Gasteiger partial charge < -0.3 is 10.1 Å². The average Bonchev–Trinajstić information content (AvgIpc) is 3.19. The number of rotatable bonds is 5. The zero-order valence-corrected chi connectivity index (χ0v) is 13.4. The molecule has 0 aliphatic heterocycles. The van der Waals surface area contributed by atoms with Gasteiger partial charge in [-0.05, 0) is 48.2 Å². The number of anilines is 1. The highest BCUT2D eigenvalue weighted by molar-refractivity contribution is 7.13. The molecule has 0 saturated heterocycles. The van der Waals surface area contributed by atoms with Gasteiger partial charge in [0.25, 0.3) is 5.91 Å². The quantitative estimate of drug-likeness (QED) is 0.722. The number of halogens is 2. The molecule has 0 atom stereocenters. The first-order chi connectivity index (χ1) is 11.5. The monoisotopic (exact) mass is 349 g/mol. The zero-order valence-electron chi connectivity index (χ0n) is 12.5. The minimum atomic E-state index is -2.88. The van der Waals surface area contributed by atoms with E-state index in [1.807, 2.05) is 17.5 Å². The van der Waals surface area contributed by atoms with Gasteiger partial charge in [-0.2, -0.15) is 13.9 Å². The smallest absolute Gasteiger partial charge is 0.387 e. The second kappa shape index (κ2) is 6.79. The Morgan fingerprint density at radius 2 is 2.17 bits per heavy atom. The lowest BCUT2D eigenvalue weighted by Gasteiger charge is -2.10. The van der Waals surface area contributed by atoms with Gasteiger partial charge in [-0.15, -0.1) is 11.3 Å². The van der Waals surface area contributed by atoms with Crippen LogP contribution in [0.1, 0.15) is 16.1 Å². The van der Waals surface area contributed by atoms with Crippen molar-refractivity contribution >= 4 is 22.9 Å². The van der Waals surface area contributed by atoms with Gasteiger partial charge in [-0.3, -0.25) is 9.89 Å². The lowest BCUT2D eigenvalue weighted by Crippen LogP contribution is -2.13. The summed E-state index contributed by atoms with van der Waals surface area (Å²) in [6.45, 7) is -1.19. The largest absolute Gasteiger partial charge is 0.435 e. The predicted molar refractivity (Wildman–Crippen MR) is 87.7 cm³/mol. The molecule has 0 bridgehead atoms. The third-order valence-corrected chi connectivity index (χ3v) is 4.17. The van der Waals surface area contributed by atoms with Crippen molar-refractivity contribution in [1.29, 1.82) is 0 Å². The molecule has 0 radical (unpaired) electrons. The number of nitrogens with zero attached hydrogens (tertiary/aromatic N) is 1. The van der Waals surface area contributed by atoms with Crippen LogP contribution in [-0.4, -0.2) is 22.7 Å². The molecule has 5 nitrogen and oxygen atoms in total. The standard InChI is InChI=1S/C16H13F2N3O2S/c1-9-7-10(23-16(17)18)4-5-11(9)19-15(22)13-8-12(20-21-13)14-3-2-6-24-14/h2-8,16H,1H3,(H,19,22)(H,20,21). The number of thiophene rings is 1. The summed E-state index contributed by atoms with van der Waals surface area (Å²) < 4.78 is 28.7. The normalized spacial score (nSPS) is 10.8. The van der Waals surface area contributed by atoms with Crippen LogP contribution in [0.25, 0.3) is 10.6 Å². The summed E-state index contributed by atoms with van der Waals surface area (Å²) in [5, 5.41) is 11.5. The maximum absolute atomic E-state index is 12.3. The molecule has 0 unspecified atom stereocenters. The lowest BCUT2D eigenvalue weighted by atomic mass is 10.2. The maximum Gasteiger partial charge on any atom is 0.387 e. The number of hydrogen-bond donors (Lipinski definition) is 2. The number of aromatic amines is 1. The van der Waals surface area contributed by atoms with Crippen LogP contribution in [0.5, 0.6) is 5.75 Å². The van der Waals surface area contributed by atoms with Crippen LogP contribution in [-0.2, 0) is 0 Å². The fourth-order valence-corrected chi connectivity index (χ4v) is 2.83. The van der Waals surface area contributed by atoms with Crippen LogP contribution in [0.15, 0.2) is 41.8 Å². The summed E-state index contributed by atoms with van der Waals surface area (Å²) in [5.74, 6) is -0.347. The van der Waals surface area contributed by atoms with Crippen molar-refractivity contribution in [3.8, 4) is 16.3 Å². The molecule has 3 rings (SSSR count). The number of nitrogens with one attached hydrogen (secondary N) is 2. The molecule has 0 fully saturated rings. The van der Waals surface area contributed by atoms with Gasteiger partial charge >= 0.3 is 6.61 Å². The maximum atomic E-state index is 12.3. The Balaban J connectivity index is 1.73. The molecule has 2 aromatic heterocycles. The minimum Gasteiger partial charge on any atom is -0.435 e. The number of H-pyrrole nitrogens is 1. The van der Waals surface area contributed by atoms with Crippen LogP contribution in [0.2, 0.25) is 0 Å². The number of benzene rings is 1. The van der Waals surface area contributed by atoms with Crippen LogP contribution in [0, 0.1) is 6.92 Å². The van der Waals surface area contributed by atoms with Gasteiger partial charge in [0.15, 0.2) is 5.69 Å². The van der Waals surface area contributed by atoms with E-state index >= 15 is 0 Å². The first kappa shape index (κ1) is 16.1. The number of carbonyl (C=O) groups excluding carboxylic acids is 1. The van der Waals surface area contributed by atoms with E-state index in [2.05, 4.69) is 20.3 Å². The van der Waals surface area contributed by atoms with Crippen LogP contribution in [0.4, 0.5) is 14.5 Å². The summed E-state index contributed by atoms with van der Waals surface area (Å²) in [6.07, 6.45) is 0. The summed E-state index contributed by atoms with van der Waals surface area (Å²) in [7, 11) is 0. The summed E-state index contributed by atoms with van der Waals surface area (Å²) >= 11 is 1.54. The van der Waals surface area contributed by atoms with E-state index < -0.39 is 6.61 Å². The Kier molecular flexibility index (Phi) is 4.57. The van der Waals surface area contributed by atoms with E-state index in [1.165, 1.54) is 29.5 Å². The van der Waals surface area contributed by atoms with Gasteiger partial charge in [0, 0.05) is 5.69 Å². The molecule has 2 heterocycles. The van der Waals surface area contributed by atoms with Crippen molar-refractivity contribution in [2.45, 2.75) is 13.5 Å². The Labute approximate surface area is 140 Å². The van der Waals surface area contributed by atoms with Crippen LogP contribution in [0.3, 0.4) is 0 Å². The van der Waals surface area contributed by atoms with Crippen molar-refractivity contribution in [3.05, 3.63) is 53.0 Å². The molecule has 2 N–H and O–H groups in total. The van der Waals surface area contributed by atoms with Crippen LogP contribution >= 0.6 is 11.3 Å². The fraction of sp³-hybridized carbons (Fsp3) is 0.125. The minimum absolute atomic E-state index is 0.0419. The summed E-state index contributed by atoms with van der Waals surface area (Å²) in [5.41, 5.74) is 2.11. The van der Waals surface area contributed by atoms with E-state index in [-0.39, 0.29) is 17.4 Å². The van der Waals surface area contributed by atoms with Crippen molar-refractivity contribution in [2.75, 3.05) is 5.32 Å². The Morgan fingerprint density at radius 3 is 2.83 bits per heavy atom. The van der Waals surface area contributed by atoms with Crippen molar-refractivity contribution < 1.29 is 18.3 Å². The number of hydrogen-bond acceptors (Lipinski definition) is 4. The van der Waals surface area contributed by atoms with Crippen molar-refractivity contribution in [1.82, 2.24) is 10.2 Å². The topological polar surface area (TPSA) is 67.0 Å². The van der Waals surface area contributed by atoms with E-state index in [0.717, 1.165) is 10.6 Å². The van der Waals surface area contributed by atoms with Crippen molar-refractivity contribution in [2.24, 2.45) is 0 Å². The van der Waals surface area contributed by atoms with E-state index in [1.54, 1.807) is 13.0 Å². The van der Waals surface area contributed by atoms with Gasteiger partial charge in [-0.25, -0.2) is 0 Å². The number of aryl methyl sites for hydroxylation is 1. The first-order valence-electron chi connectivity index (χ1n) is 6.99. The molecule has 1 aromatic carbocycles. The van der Waals surface area contributed by atoms with Gasteiger partial charge in [0.1, 0.15) is 5.75 Å². The average molecular weight is 349 g/mol. The number of carbonyl (C=O) groups is 1. The number of alkyl halides is 2. The van der Waals surface area contributed by atoms with E-state index in [9.17, 15) is 13.6 Å². The number of amides is 1. The predicted octanol–water partition coefficient (Wildman–Crippen LogP) is 4.30. The Morgan fingerprint density at radius 1 is 1.33 bits per heavy atom. The van der Waals surface area contributed by atoms with Crippen LogP contribution < -0.4 is 10.1 Å². The molecule has 3 aromatic rings. The van der Waals surface area contributed by atoms with Gasteiger partial charge in [-0.1, -0.05) is 6.07 Å². The molecule has 0 spiro atoms. The molecule has 124 valence electrons. The van der Waals surface area contributed by atoms with E-state index in [4.69, 9.17) is 0 Å². The molecule has 1 amide bonds. The lowest BCUT2D eigenvalue weighted by molar-refractivity contribution is -0.0498. The fourth-order valence-electron chi connectivity index (χ4n) is 2.14. The highest BCUT2D eigenvalue weighted by Gasteiger charge is 2.14. The summed E-state index contributed by atoms with van der Waals surface area (Å²) in [6, 6.07) is 9.81. The van der Waals surface area contributed by atoms with Crippen molar-refractivity contribution in [3.63, 3.8) is 0 Å². The van der Waals surface area contributed by atoms with Gasteiger partial charge in [0.2, 0.25) is 0 Å². The molecule has 0 saturated carbocycles. The first-order valence-corrected chi connectivity index (χ1v) is 7.87. The molecular weight excluding hydrogens is 336 g/mol. The molecule has 24 heavy (non-hydrogen) atoms. The zero-order chi connectivity index (χ0) is 17.1. The highest BCUT2D eigenvalue weighted by atomic mass is 32.1. The van der Waals surface area contributed by atoms with E-state index in [0.29, 0.717) is 11.3 Å². The number of aromatic nitrogens is 2. The second-order valence-electron chi connectivity index (χ2n) is 4.95. The molecule has 8 heteroatoms.